The summed E-state index contributed by atoms with van der Waals surface area (Å²) >= 11 is 0. The van der Waals surface area contributed by atoms with Crippen molar-refractivity contribution in [1.82, 2.24) is 14.9 Å². The Morgan fingerprint density at radius 3 is 2.67 bits per heavy atom. The lowest BCUT2D eigenvalue weighted by Gasteiger charge is -2.39. The molecule has 0 saturated carbocycles. The van der Waals surface area contributed by atoms with Gasteiger partial charge in [-0.1, -0.05) is 26.8 Å². The Morgan fingerprint density at radius 2 is 1.90 bits per heavy atom. The third-order valence-electron chi connectivity index (χ3n) is 6.40. The maximum absolute atomic E-state index is 11.3. The molecule has 5 rings (SSSR count). The van der Waals surface area contributed by atoms with Crippen LogP contribution in [0.3, 0.4) is 0 Å². The molecule has 0 unspecified atom stereocenters. The summed E-state index contributed by atoms with van der Waals surface area (Å²) in [5, 5.41) is 12.5. The molecule has 1 aromatic carbocycles. The van der Waals surface area contributed by atoms with Crippen LogP contribution < -0.4 is 9.47 Å². The maximum Gasteiger partial charge on any atom is 0.231 e. The quantitative estimate of drug-likeness (QED) is 0.685. The van der Waals surface area contributed by atoms with E-state index in [1.807, 2.05) is 30.5 Å². The van der Waals surface area contributed by atoms with Crippen LogP contribution in [0.15, 0.2) is 36.5 Å². The number of aliphatic hydroxyl groups is 1. The molecule has 0 radical (unpaired) electrons. The molecule has 2 aliphatic heterocycles. The molecule has 2 N–H and O–H groups in total. The van der Waals surface area contributed by atoms with Crippen LogP contribution in [0.1, 0.15) is 50.4 Å². The first kappa shape index (κ1) is 19.4. The first-order valence-corrected chi connectivity index (χ1v) is 10.6. The van der Waals surface area contributed by atoms with Crippen molar-refractivity contribution in [3.05, 3.63) is 53.3 Å². The van der Waals surface area contributed by atoms with E-state index >= 15 is 0 Å². The van der Waals surface area contributed by atoms with Crippen molar-refractivity contribution in [2.45, 2.75) is 51.2 Å². The number of likely N-dealkylation sites (tertiary alicyclic amines) is 1. The first-order chi connectivity index (χ1) is 14.3. The SMILES string of the molecule is CC(C)(C)c1[nH]c2ncccc2c1CN1CCC(O)(c2ccc3c(c2)OCO3)CC1. The number of rotatable bonds is 3. The number of hydrogen-bond donors (Lipinski definition) is 2. The van der Waals surface area contributed by atoms with Crippen molar-refractivity contribution in [3.8, 4) is 11.5 Å². The molecule has 0 spiro atoms. The lowest BCUT2D eigenvalue weighted by atomic mass is 9.83. The van der Waals surface area contributed by atoms with Crippen LogP contribution in [-0.2, 0) is 17.6 Å². The summed E-state index contributed by atoms with van der Waals surface area (Å²) in [5.74, 6) is 1.48. The second-order valence-electron chi connectivity index (χ2n) is 9.50. The highest BCUT2D eigenvalue weighted by molar-refractivity contribution is 5.81. The molecule has 0 amide bonds. The van der Waals surface area contributed by atoms with Crippen LogP contribution in [0.2, 0.25) is 0 Å². The summed E-state index contributed by atoms with van der Waals surface area (Å²) in [6.45, 7) is 9.47. The summed E-state index contributed by atoms with van der Waals surface area (Å²) in [6, 6.07) is 9.95. The fourth-order valence-corrected chi connectivity index (χ4v) is 4.66. The molecule has 1 saturated heterocycles. The van der Waals surface area contributed by atoms with Crippen LogP contribution in [0.5, 0.6) is 11.5 Å². The van der Waals surface area contributed by atoms with E-state index in [4.69, 9.17) is 9.47 Å². The van der Waals surface area contributed by atoms with Gasteiger partial charge < -0.3 is 19.6 Å². The van der Waals surface area contributed by atoms with Gasteiger partial charge in [-0.15, -0.1) is 0 Å². The molecule has 30 heavy (non-hydrogen) atoms. The lowest BCUT2D eigenvalue weighted by molar-refractivity contribution is -0.0278. The van der Waals surface area contributed by atoms with E-state index in [0.29, 0.717) is 12.8 Å². The van der Waals surface area contributed by atoms with Crippen molar-refractivity contribution in [2.24, 2.45) is 0 Å². The lowest BCUT2D eigenvalue weighted by Crippen LogP contribution is -2.42. The summed E-state index contributed by atoms with van der Waals surface area (Å²) in [4.78, 5) is 10.5. The number of nitrogens with one attached hydrogen (secondary N) is 1. The minimum atomic E-state index is -0.827. The van der Waals surface area contributed by atoms with E-state index in [9.17, 15) is 5.11 Å². The second kappa shape index (κ2) is 7.00. The third kappa shape index (κ3) is 3.34. The summed E-state index contributed by atoms with van der Waals surface area (Å²) in [7, 11) is 0. The molecule has 2 aromatic heterocycles. The van der Waals surface area contributed by atoms with Gasteiger partial charge >= 0.3 is 0 Å². The van der Waals surface area contributed by atoms with Crippen molar-refractivity contribution in [1.29, 1.82) is 0 Å². The van der Waals surface area contributed by atoms with Gasteiger partial charge in [0.25, 0.3) is 0 Å². The van der Waals surface area contributed by atoms with Gasteiger partial charge in [0.2, 0.25) is 6.79 Å². The molecule has 2 aliphatic rings. The normalized spacial score (nSPS) is 18.8. The van der Waals surface area contributed by atoms with E-state index in [2.05, 4.69) is 41.7 Å². The van der Waals surface area contributed by atoms with Crippen LogP contribution >= 0.6 is 0 Å². The molecule has 4 heterocycles. The molecule has 1 fully saturated rings. The van der Waals surface area contributed by atoms with E-state index < -0.39 is 5.60 Å². The van der Waals surface area contributed by atoms with Gasteiger partial charge in [-0.2, -0.15) is 0 Å². The highest BCUT2D eigenvalue weighted by Gasteiger charge is 2.36. The molecule has 158 valence electrons. The Kier molecular flexibility index (Phi) is 4.52. The molecule has 6 heteroatoms. The molecule has 0 atom stereocenters. The summed E-state index contributed by atoms with van der Waals surface area (Å²) in [6.07, 6.45) is 3.22. The fraction of sp³-hybridized carbons (Fsp3) is 0.458. The Balaban J connectivity index is 1.36. The fourth-order valence-electron chi connectivity index (χ4n) is 4.66. The zero-order valence-electron chi connectivity index (χ0n) is 17.9. The van der Waals surface area contributed by atoms with Crippen LogP contribution in [0, 0.1) is 0 Å². The van der Waals surface area contributed by atoms with Gasteiger partial charge in [-0.25, -0.2) is 4.98 Å². The molecule has 3 aromatic rings. The van der Waals surface area contributed by atoms with Gasteiger partial charge in [0.1, 0.15) is 5.65 Å². The van der Waals surface area contributed by atoms with Gasteiger partial charge in [0, 0.05) is 42.3 Å². The molecule has 0 aliphatic carbocycles. The van der Waals surface area contributed by atoms with Crippen molar-refractivity contribution in [3.63, 3.8) is 0 Å². The van der Waals surface area contributed by atoms with Crippen LogP contribution in [0.25, 0.3) is 11.0 Å². The number of hydrogen-bond acceptors (Lipinski definition) is 5. The number of aromatic nitrogens is 2. The average Bonchev–Trinajstić information content (AvgIpc) is 3.34. The molecular formula is C24H29N3O3. The maximum atomic E-state index is 11.3. The zero-order chi connectivity index (χ0) is 20.9. The van der Waals surface area contributed by atoms with Gasteiger partial charge in [0.05, 0.1) is 5.60 Å². The number of piperidine rings is 1. The Bertz CT molecular complexity index is 1070. The molecular weight excluding hydrogens is 378 g/mol. The number of fused-ring (bicyclic) bond motifs is 2. The van der Waals surface area contributed by atoms with Crippen LogP contribution in [-0.4, -0.2) is 39.9 Å². The molecule has 6 nitrogen and oxygen atoms in total. The number of benzene rings is 1. The van der Waals surface area contributed by atoms with Gasteiger partial charge in [-0.3, -0.25) is 4.90 Å². The van der Waals surface area contributed by atoms with E-state index in [-0.39, 0.29) is 12.2 Å². The number of aromatic amines is 1. The largest absolute Gasteiger partial charge is 0.454 e. The average molecular weight is 408 g/mol. The Morgan fingerprint density at radius 1 is 1.13 bits per heavy atom. The van der Waals surface area contributed by atoms with Crippen molar-refractivity contribution >= 4 is 11.0 Å². The number of ether oxygens (including phenoxy) is 2. The number of pyridine rings is 1. The minimum absolute atomic E-state index is 0.0129. The smallest absolute Gasteiger partial charge is 0.231 e. The topological polar surface area (TPSA) is 70.6 Å². The number of nitrogens with zero attached hydrogens (tertiary/aromatic N) is 2. The summed E-state index contributed by atoms with van der Waals surface area (Å²) < 4.78 is 10.9. The van der Waals surface area contributed by atoms with E-state index in [1.165, 1.54) is 16.6 Å². The first-order valence-electron chi connectivity index (χ1n) is 10.6. The van der Waals surface area contributed by atoms with Crippen molar-refractivity contribution in [2.75, 3.05) is 19.9 Å². The molecule has 0 bridgehead atoms. The summed E-state index contributed by atoms with van der Waals surface area (Å²) in [5.41, 5.74) is 3.61. The monoisotopic (exact) mass is 407 g/mol. The van der Waals surface area contributed by atoms with Crippen LogP contribution in [0.4, 0.5) is 0 Å². The van der Waals surface area contributed by atoms with Gasteiger partial charge in [0.15, 0.2) is 11.5 Å². The standard InChI is InChI=1S/C24H29N3O3/c1-23(2,3)21-18(17-5-4-10-25-22(17)26-21)14-27-11-8-24(28,9-12-27)16-6-7-19-20(13-16)30-15-29-19/h4-7,10,13,28H,8-9,11-12,14-15H2,1-3H3,(H,25,26). The minimum Gasteiger partial charge on any atom is -0.454 e. The zero-order valence-corrected chi connectivity index (χ0v) is 17.9. The highest BCUT2D eigenvalue weighted by atomic mass is 16.7. The number of H-pyrrole nitrogens is 1. The predicted molar refractivity (Wildman–Crippen MR) is 116 cm³/mol. The van der Waals surface area contributed by atoms with E-state index in [1.54, 1.807) is 0 Å². The Hall–Kier alpha value is -2.57. The van der Waals surface area contributed by atoms with E-state index in [0.717, 1.165) is 42.3 Å². The highest BCUT2D eigenvalue weighted by Crippen LogP contribution is 2.40. The van der Waals surface area contributed by atoms with Gasteiger partial charge in [-0.05, 0) is 48.2 Å². The predicted octanol–water partition coefficient (Wildman–Crippen LogP) is 4.07. The Labute approximate surface area is 176 Å². The second-order valence-corrected chi connectivity index (χ2v) is 9.50. The third-order valence-corrected chi connectivity index (χ3v) is 6.40. The van der Waals surface area contributed by atoms with Crippen molar-refractivity contribution < 1.29 is 14.6 Å².